The van der Waals surface area contributed by atoms with Crippen LogP contribution >= 0.6 is 35.6 Å². The summed E-state index contributed by atoms with van der Waals surface area (Å²) in [6.45, 7) is 6.10. The number of methoxy groups -OCH3 is 1. The van der Waals surface area contributed by atoms with E-state index in [1.165, 1.54) is 6.42 Å². The Bertz CT molecular complexity index is 737. The third-order valence-electron chi connectivity index (χ3n) is 6.03. The van der Waals surface area contributed by atoms with Gasteiger partial charge in [0.15, 0.2) is 5.96 Å². The molecule has 0 atom stereocenters. The molecule has 174 valence electrons. The van der Waals surface area contributed by atoms with Crippen LogP contribution in [0.1, 0.15) is 24.8 Å². The van der Waals surface area contributed by atoms with Gasteiger partial charge in [0.25, 0.3) is 0 Å². The van der Waals surface area contributed by atoms with Crippen molar-refractivity contribution in [3.63, 3.8) is 0 Å². The second kappa shape index (κ2) is 13.3. The lowest BCUT2D eigenvalue weighted by molar-refractivity contribution is -0.139. The first kappa shape index (κ1) is 26.0. The van der Waals surface area contributed by atoms with Gasteiger partial charge in [-0.15, -0.1) is 24.0 Å². The van der Waals surface area contributed by atoms with Gasteiger partial charge in [0.1, 0.15) is 5.75 Å². The van der Waals surface area contributed by atoms with Crippen molar-refractivity contribution in [3.05, 3.63) is 28.8 Å². The highest BCUT2D eigenvalue weighted by Crippen LogP contribution is 2.28. The number of nitrogens with zero attached hydrogens (tertiary/aromatic N) is 3. The minimum atomic E-state index is 0. The average Bonchev–Trinajstić information content (AvgIpc) is 2.72. The minimum Gasteiger partial charge on any atom is -0.497 e. The van der Waals surface area contributed by atoms with Gasteiger partial charge >= 0.3 is 0 Å². The van der Waals surface area contributed by atoms with Crippen LogP contribution in [0, 0.1) is 5.92 Å². The summed E-state index contributed by atoms with van der Waals surface area (Å²) in [4.78, 5) is 21.1. The Kier molecular flexibility index (Phi) is 11.2. The number of guanidine groups is 1. The molecule has 1 heterocycles. The zero-order chi connectivity index (χ0) is 21.3. The van der Waals surface area contributed by atoms with Crippen LogP contribution in [0.15, 0.2) is 23.2 Å². The molecule has 1 aliphatic carbocycles. The summed E-state index contributed by atoms with van der Waals surface area (Å²) in [6, 6.07) is 5.76. The van der Waals surface area contributed by atoms with E-state index >= 15 is 0 Å². The molecule has 2 fully saturated rings. The Morgan fingerprint density at radius 1 is 1.19 bits per heavy atom. The predicted molar refractivity (Wildman–Crippen MR) is 137 cm³/mol. The molecular formula is C22H35ClIN5O2. The summed E-state index contributed by atoms with van der Waals surface area (Å²) >= 11 is 6.30. The molecule has 1 aromatic carbocycles. The van der Waals surface area contributed by atoms with Gasteiger partial charge in [-0.25, -0.2) is 0 Å². The van der Waals surface area contributed by atoms with Crippen LogP contribution in [-0.4, -0.2) is 81.6 Å². The first-order valence-corrected chi connectivity index (χ1v) is 11.3. The molecule has 1 amide bonds. The van der Waals surface area contributed by atoms with E-state index in [0.717, 1.165) is 82.3 Å². The Balaban J connectivity index is 0.00000341. The van der Waals surface area contributed by atoms with Crippen LogP contribution in [0.5, 0.6) is 5.75 Å². The monoisotopic (exact) mass is 563 g/mol. The summed E-state index contributed by atoms with van der Waals surface area (Å²) in [5, 5.41) is 7.42. The smallest absolute Gasteiger partial charge is 0.225 e. The second-order valence-corrected chi connectivity index (χ2v) is 8.34. The molecule has 0 unspecified atom stereocenters. The molecule has 1 saturated carbocycles. The van der Waals surface area contributed by atoms with E-state index in [0.29, 0.717) is 16.8 Å². The van der Waals surface area contributed by atoms with Crippen molar-refractivity contribution >= 4 is 47.4 Å². The highest BCUT2D eigenvalue weighted by Gasteiger charge is 2.30. The summed E-state index contributed by atoms with van der Waals surface area (Å²) in [7, 11) is 3.41. The Hall–Kier alpha value is -1.26. The molecule has 31 heavy (non-hydrogen) atoms. The lowest BCUT2D eigenvalue weighted by Gasteiger charge is -2.38. The quantitative estimate of drug-likeness (QED) is 0.289. The number of benzene rings is 1. The van der Waals surface area contributed by atoms with E-state index in [-0.39, 0.29) is 24.0 Å². The molecule has 0 radical (unpaired) electrons. The lowest BCUT2D eigenvalue weighted by Crippen LogP contribution is -2.52. The highest BCUT2D eigenvalue weighted by molar-refractivity contribution is 14.0. The van der Waals surface area contributed by atoms with E-state index in [4.69, 9.17) is 16.3 Å². The van der Waals surface area contributed by atoms with E-state index in [1.807, 2.05) is 18.2 Å². The number of carbonyl (C=O) groups is 1. The topological polar surface area (TPSA) is 69.2 Å². The zero-order valence-electron chi connectivity index (χ0n) is 18.5. The number of halogens is 2. The van der Waals surface area contributed by atoms with Crippen LogP contribution in [0.3, 0.4) is 0 Å². The standard InChI is InChI=1S/C22H34ClN5O2.HI/c1-24-22(25-9-8-17-6-7-19(30-2)16-20(17)23)26-10-11-27-12-14-28(15-13-27)21(29)18-4-3-5-18;/h6-7,16,18H,3-5,8-15H2,1-2H3,(H2,24,25,26);1H. The molecular weight excluding hydrogens is 529 g/mol. The summed E-state index contributed by atoms with van der Waals surface area (Å²) in [5.74, 6) is 2.24. The number of piperazine rings is 1. The molecule has 1 aliphatic heterocycles. The average molecular weight is 564 g/mol. The van der Waals surface area contributed by atoms with E-state index < -0.39 is 0 Å². The Morgan fingerprint density at radius 2 is 1.90 bits per heavy atom. The molecule has 3 rings (SSSR count). The number of hydrogen-bond donors (Lipinski definition) is 2. The molecule has 2 N–H and O–H groups in total. The normalized spacial score (nSPS) is 17.5. The maximum Gasteiger partial charge on any atom is 0.225 e. The van der Waals surface area contributed by atoms with Gasteiger partial charge in [0.05, 0.1) is 7.11 Å². The van der Waals surface area contributed by atoms with E-state index in [1.54, 1.807) is 14.2 Å². The fourth-order valence-electron chi connectivity index (χ4n) is 3.83. The molecule has 0 bridgehead atoms. The number of ether oxygens (including phenoxy) is 1. The van der Waals surface area contributed by atoms with Gasteiger partial charge in [-0.3, -0.25) is 14.7 Å². The number of carbonyl (C=O) groups excluding carboxylic acids is 1. The van der Waals surface area contributed by atoms with Crippen molar-refractivity contribution in [3.8, 4) is 5.75 Å². The summed E-state index contributed by atoms with van der Waals surface area (Å²) in [6.07, 6.45) is 4.19. The van der Waals surface area contributed by atoms with Crippen molar-refractivity contribution in [1.82, 2.24) is 20.4 Å². The maximum absolute atomic E-state index is 12.3. The summed E-state index contributed by atoms with van der Waals surface area (Å²) in [5.41, 5.74) is 1.08. The molecule has 7 nitrogen and oxygen atoms in total. The molecule has 2 aliphatic rings. The van der Waals surface area contributed by atoms with Crippen molar-refractivity contribution in [2.75, 3.05) is 60.0 Å². The van der Waals surface area contributed by atoms with Gasteiger partial charge in [0, 0.05) is 63.8 Å². The highest BCUT2D eigenvalue weighted by atomic mass is 127. The Morgan fingerprint density at radius 3 is 2.48 bits per heavy atom. The fourth-order valence-corrected chi connectivity index (χ4v) is 4.10. The zero-order valence-corrected chi connectivity index (χ0v) is 21.6. The van der Waals surface area contributed by atoms with Crippen molar-refractivity contribution in [2.45, 2.75) is 25.7 Å². The molecule has 0 spiro atoms. The Labute approximate surface area is 207 Å². The number of nitrogens with one attached hydrogen (secondary N) is 2. The number of amides is 1. The second-order valence-electron chi connectivity index (χ2n) is 7.93. The van der Waals surface area contributed by atoms with Crippen LogP contribution in [0.2, 0.25) is 5.02 Å². The SMILES string of the molecule is CN=C(NCCc1ccc(OC)cc1Cl)NCCN1CCN(C(=O)C2CCC2)CC1.I. The minimum absolute atomic E-state index is 0. The molecule has 9 heteroatoms. The number of aliphatic imine (C=N–C) groups is 1. The lowest BCUT2D eigenvalue weighted by atomic mass is 9.84. The molecule has 0 aromatic heterocycles. The van der Waals surface area contributed by atoms with Gasteiger partial charge in [-0.05, 0) is 37.0 Å². The third kappa shape index (κ3) is 7.68. The van der Waals surface area contributed by atoms with Crippen molar-refractivity contribution in [1.29, 1.82) is 0 Å². The first-order valence-electron chi connectivity index (χ1n) is 10.9. The predicted octanol–water partition coefficient (Wildman–Crippen LogP) is 2.62. The van der Waals surface area contributed by atoms with E-state index in [9.17, 15) is 4.79 Å². The number of rotatable bonds is 8. The largest absolute Gasteiger partial charge is 0.497 e. The van der Waals surface area contributed by atoms with Crippen molar-refractivity contribution in [2.24, 2.45) is 10.9 Å². The van der Waals surface area contributed by atoms with E-state index in [2.05, 4.69) is 25.4 Å². The van der Waals surface area contributed by atoms with Crippen LogP contribution in [0.25, 0.3) is 0 Å². The van der Waals surface area contributed by atoms with Crippen molar-refractivity contribution < 1.29 is 9.53 Å². The maximum atomic E-state index is 12.3. The molecule has 1 aromatic rings. The molecule has 1 saturated heterocycles. The summed E-state index contributed by atoms with van der Waals surface area (Å²) < 4.78 is 5.19. The van der Waals surface area contributed by atoms with Crippen LogP contribution in [-0.2, 0) is 11.2 Å². The fraction of sp³-hybridized carbons (Fsp3) is 0.636. The first-order chi connectivity index (χ1) is 14.6. The van der Waals surface area contributed by atoms with Crippen LogP contribution in [0.4, 0.5) is 0 Å². The van der Waals surface area contributed by atoms with Gasteiger partial charge in [0.2, 0.25) is 5.91 Å². The van der Waals surface area contributed by atoms with Gasteiger partial charge in [-0.2, -0.15) is 0 Å². The van der Waals surface area contributed by atoms with Crippen LogP contribution < -0.4 is 15.4 Å². The van der Waals surface area contributed by atoms with Gasteiger partial charge in [-0.1, -0.05) is 24.1 Å². The van der Waals surface area contributed by atoms with Gasteiger partial charge < -0.3 is 20.3 Å². The third-order valence-corrected chi connectivity index (χ3v) is 6.38. The number of hydrogen-bond acceptors (Lipinski definition) is 4.